The van der Waals surface area contributed by atoms with E-state index in [9.17, 15) is 0 Å². The van der Waals surface area contributed by atoms with E-state index in [1.807, 2.05) is 12.1 Å². The quantitative estimate of drug-likeness (QED) is 0.939. The predicted octanol–water partition coefficient (Wildman–Crippen LogP) is 3.70. The molecule has 2 N–H and O–H groups in total. The minimum atomic E-state index is -0.0554. The summed E-state index contributed by atoms with van der Waals surface area (Å²) in [6.07, 6.45) is 2.60. The molecule has 0 aliphatic carbocycles. The normalized spacial score (nSPS) is 12.4. The summed E-state index contributed by atoms with van der Waals surface area (Å²) in [7, 11) is 0. The summed E-state index contributed by atoms with van der Waals surface area (Å²) in [5.74, 6) is 0. The Hall–Kier alpha value is -1.19. The summed E-state index contributed by atoms with van der Waals surface area (Å²) in [5.41, 5.74) is 11.0. The third-order valence-corrected chi connectivity index (χ3v) is 3.63. The van der Waals surface area contributed by atoms with Crippen LogP contribution in [0, 0.1) is 13.8 Å². The second-order valence-electron chi connectivity index (χ2n) is 4.63. The number of aromatic nitrogens is 1. The summed E-state index contributed by atoms with van der Waals surface area (Å²) < 4.78 is 0.977. The molecule has 3 heteroatoms. The van der Waals surface area contributed by atoms with Crippen LogP contribution in [0.4, 0.5) is 0 Å². The molecule has 1 unspecified atom stereocenters. The Morgan fingerprint density at radius 3 is 2.56 bits per heavy atom. The zero-order chi connectivity index (χ0) is 13.1. The van der Waals surface area contributed by atoms with Gasteiger partial charge in [-0.2, -0.15) is 0 Å². The molecule has 0 saturated heterocycles. The number of halogens is 1. The summed E-state index contributed by atoms with van der Waals surface area (Å²) in [6, 6.07) is 10.4. The molecular formula is C15H17BrN2. The van der Waals surface area contributed by atoms with Crippen LogP contribution in [-0.2, 0) is 6.42 Å². The second-order valence-corrected chi connectivity index (χ2v) is 5.55. The van der Waals surface area contributed by atoms with Crippen LogP contribution in [0.25, 0.3) is 0 Å². The SMILES string of the molecule is Cc1ccc(CC(N)c2ccc(Br)cn2)cc1C. The molecular weight excluding hydrogens is 288 g/mol. The van der Waals surface area contributed by atoms with Gasteiger partial charge in [-0.05, 0) is 65.0 Å². The summed E-state index contributed by atoms with van der Waals surface area (Å²) in [6.45, 7) is 4.25. The Bertz CT molecular complexity index is 535. The molecule has 0 bridgehead atoms. The zero-order valence-corrected chi connectivity index (χ0v) is 12.2. The van der Waals surface area contributed by atoms with Gasteiger partial charge in [0.25, 0.3) is 0 Å². The molecule has 1 heterocycles. The van der Waals surface area contributed by atoms with Crippen LogP contribution < -0.4 is 5.73 Å². The lowest BCUT2D eigenvalue weighted by Crippen LogP contribution is -2.14. The van der Waals surface area contributed by atoms with Crippen LogP contribution in [0.15, 0.2) is 41.0 Å². The second kappa shape index (κ2) is 5.63. The molecule has 2 rings (SSSR count). The molecule has 0 amide bonds. The van der Waals surface area contributed by atoms with E-state index in [2.05, 4.69) is 53.0 Å². The van der Waals surface area contributed by atoms with E-state index in [1.54, 1.807) is 6.20 Å². The van der Waals surface area contributed by atoms with Crippen molar-refractivity contribution >= 4 is 15.9 Å². The Kier molecular flexibility index (Phi) is 4.15. The fraction of sp³-hybridized carbons (Fsp3) is 0.267. The van der Waals surface area contributed by atoms with Crippen LogP contribution in [0.1, 0.15) is 28.4 Å². The summed E-state index contributed by atoms with van der Waals surface area (Å²) in [4.78, 5) is 4.34. The van der Waals surface area contributed by atoms with Gasteiger partial charge in [0.2, 0.25) is 0 Å². The zero-order valence-electron chi connectivity index (χ0n) is 10.7. The predicted molar refractivity (Wildman–Crippen MR) is 78.5 cm³/mol. The topological polar surface area (TPSA) is 38.9 Å². The maximum atomic E-state index is 6.19. The number of nitrogens with zero attached hydrogens (tertiary/aromatic N) is 1. The van der Waals surface area contributed by atoms with Gasteiger partial charge < -0.3 is 5.73 Å². The molecule has 0 spiro atoms. The van der Waals surface area contributed by atoms with Crippen LogP contribution in [0.5, 0.6) is 0 Å². The average Bonchev–Trinajstić information content (AvgIpc) is 2.34. The average molecular weight is 305 g/mol. The summed E-state index contributed by atoms with van der Waals surface area (Å²) >= 11 is 3.38. The monoisotopic (exact) mass is 304 g/mol. The van der Waals surface area contributed by atoms with Crippen molar-refractivity contribution < 1.29 is 0 Å². The van der Waals surface area contributed by atoms with Crippen molar-refractivity contribution in [1.82, 2.24) is 4.98 Å². The van der Waals surface area contributed by atoms with E-state index in [-0.39, 0.29) is 6.04 Å². The van der Waals surface area contributed by atoms with Crippen molar-refractivity contribution in [2.75, 3.05) is 0 Å². The minimum Gasteiger partial charge on any atom is -0.322 e. The number of nitrogens with two attached hydrogens (primary N) is 1. The fourth-order valence-corrected chi connectivity index (χ4v) is 2.13. The van der Waals surface area contributed by atoms with E-state index >= 15 is 0 Å². The number of rotatable bonds is 3. The largest absolute Gasteiger partial charge is 0.322 e. The van der Waals surface area contributed by atoms with Gasteiger partial charge in [0.15, 0.2) is 0 Å². The highest BCUT2D eigenvalue weighted by Crippen LogP contribution is 2.18. The molecule has 1 aromatic heterocycles. The Balaban J connectivity index is 2.13. The third kappa shape index (κ3) is 3.18. The Morgan fingerprint density at radius 2 is 1.94 bits per heavy atom. The van der Waals surface area contributed by atoms with Crippen molar-refractivity contribution in [2.45, 2.75) is 26.3 Å². The van der Waals surface area contributed by atoms with Gasteiger partial charge >= 0.3 is 0 Å². The molecule has 2 nitrogen and oxygen atoms in total. The van der Waals surface area contributed by atoms with Crippen molar-refractivity contribution in [3.05, 3.63) is 63.4 Å². The van der Waals surface area contributed by atoms with Crippen LogP contribution >= 0.6 is 15.9 Å². The standard InChI is InChI=1S/C15H17BrN2/c1-10-3-4-12(7-11(10)2)8-14(17)15-6-5-13(16)9-18-15/h3-7,9,14H,8,17H2,1-2H3. The number of benzene rings is 1. The molecule has 0 radical (unpaired) electrons. The molecule has 18 heavy (non-hydrogen) atoms. The first kappa shape index (κ1) is 13.2. The number of aryl methyl sites for hydroxylation is 2. The molecule has 2 aromatic rings. The lowest BCUT2D eigenvalue weighted by Gasteiger charge is -2.12. The van der Waals surface area contributed by atoms with Gasteiger partial charge in [0.1, 0.15) is 0 Å². The van der Waals surface area contributed by atoms with Crippen molar-refractivity contribution in [1.29, 1.82) is 0 Å². The highest BCUT2D eigenvalue weighted by atomic mass is 79.9. The maximum absolute atomic E-state index is 6.19. The van der Waals surface area contributed by atoms with Crippen LogP contribution in [0.3, 0.4) is 0 Å². The first-order valence-electron chi connectivity index (χ1n) is 5.99. The van der Waals surface area contributed by atoms with Crippen molar-refractivity contribution in [3.8, 4) is 0 Å². The first-order valence-corrected chi connectivity index (χ1v) is 6.78. The van der Waals surface area contributed by atoms with E-state index < -0.39 is 0 Å². The molecule has 0 aliphatic rings. The highest BCUT2D eigenvalue weighted by Gasteiger charge is 2.09. The Morgan fingerprint density at radius 1 is 1.17 bits per heavy atom. The first-order chi connectivity index (χ1) is 8.56. The Labute approximate surface area is 116 Å². The lowest BCUT2D eigenvalue weighted by molar-refractivity contribution is 0.695. The molecule has 0 fully saturated rings. The third-order valence-electron chi connectivity index (χ3n) is 3.16. The number of hydrogen-bond donors (Lipinski definition) is 1. The van der Waals surface area contributed by atoms with Gasteiger partial charge in [-0.15, -0.1) is 0 Å². The smallest absolute Gasteiger partial charge is 0.0575 e. The molecule has 94 valence electrons. The van der Waals surface area contributed by atoms with Crippen molar-refractivity contribution in [2.24, 2.45) is 5.73 Å². The van der Waals surface area contributed by atoms with E-state index in [4.69, 9.17) is 5.73 Å². The van der Waals surface area contributed by atoms with Crippen molar-refractivity contribution in [3.63, 3.8) is 0 Å². The van der Waals surface area contributed by atoms with Gasteiger partial charge in [0.05, 0.1) is 11.7 Å². The van der Waals surface area contributed by atoms with Crippen LogP contribution in [-0.4, -0.2) is 4.98 Å². The highest BCUT2D eigenvalue weighted by molar-refractivity contribution is 9.10. The molecule has 1 atom stereocenters. The lowest BCUT2D eigenvalue weighted by atomic mass is 9.99. The van der Waals surface area contributed by atoms with Gasteiger partial charge in [-0.25, -0.2) is 0 Å². The van der Waals surface area contributed by atoms with Crippen LogP contribution in [0.2, 0.25) is 0 Å². The number of pyridine rings is 1. The van der Waals surface area contributed by atoms with Gasteiger partial charge in [-0.3, -0.25) is 4.98 Å². The van der Waals surface area contributed by atoms with Gasteiger partial charge in [-0.1, -0.05) is 18.2 Å². The summed E-state index contributed by atoms with van der Waals surface area (Å²) in [5, 5.41) is 0. The fourth-order valence-electron chi connectivity index (χ4n) is 1.90. The molecule has 0 aliphatic heterocycles. The number of hydrogen-bond acceptors (Lipinski definition) is 2. The van der Waals surface area contributed by atoms with E-state index in [1.165, 1.54) is 16.7 Å². The maximum Gasteiger partial charge on any atom is 0.0575 e. The van der Waals surface area contributed by atoms with E-state index in [0.29, 0.717) is 0 Å². The molecule has 1 aromatic carbocycles. The minimum absolute atomic E-state index is 0.0554. The van der Waals surface area contributed by atoms with Gasteiger partial charge in [0, 0.05) is 10.7 Å². The van der Waals surface area contributed by atoms with E-state index in [0.717, 1.165) is 16.6 Å². The molecule has 0 saturated carbocycles.